The second kappa shape index (κ2) is 6.20. The standard InChI is InChI=1S/C13H18BrNO3/c1-9(17-3)13(2,12(16)18-4)15-11-7-5-10(14)6-8-11/h5-9,15H,1-4H3. The van der Waals surface area contributed by atoms with Crippen molar-refractivity contribution in [2.24, 2.45) is 0 Å². The number of halogens is 1. The molecule has 0 spiro atoms. The smallest absolute Gasteiger partial charge is 0.333 e. The van der Waals surface area contributed by atoms with Gasteiger partial charge in [0.05, 0.1) is 13.2 Å². The van der Waals surface area contributed by atoms with Gasteiger partial charge < -0.3 is 14.8 Å². The summed E-state index contributed by atoms with van der Waals surface area (Å²) in [6, 6.07) is 7.57. The average molecular weight is 316 g/mol. The number of methoxy groups -OCH3 is 2. The second-order valence-corrected chi connectivity index (χ2v) is 5.12. The molecule has 0 aromatic heterocycles. The molecule has 1 rings (SSSR count). The Morgan fingerprint density at radius 3 is 2.33 bits per heavy atom. The fourth-order valence-electron chi connectivity index (χ4n) is 1.60. The van der Waals surface area contributed by atoms with E-state index in [9.17, 15) is 4.79 Å². The van der Waals surface area contributed by atoms with Crippen LogP contribution in [0.25, 0.3) is 0 Å². The predicted molar refractivity (Wildman–Crippen MR) is 74.7 cm³/mol. The molecule has 0 saturated carbocycles. The molecule has 0 bridgehead atoms. The quantitative estimate of drug-likeness (QED) is 0.849. The van der Waals surface area contributed by atoms with E-state index in [0.29, 0.717) is 0 Å². The summed E-state index contributed by atoms with van der Waals surface area (Å²) in [6.45, 7) is 3.58. The van der Waals surface area contributed by atoms with E-state index in [2.05, 4.69) is 21.2 Å². The maximum atomic E-state index is 11.9. The number of nitrogens with one attached hydrogen (secondary N) is 1. The van der Waals surface area contributed by atoms with Crippen molar-refractivity contribution in [3.05, 3.63) is 28.7 Å². The molecule has 0 radical (unpaired) electrons. The Balaban J connectivity index is 2.98. The number of hydrogen-bond donors (Lipinski definition) is 1. The summed E-state index contributed by atoms with van der Waals surface area (Å²) >= 11 is 3.37. The molecule has 0 saturated heterocycles. The predicted octanol–water partition coefficient (Wildman–Crippen LogP) is 2.83. The van der Waals surface area contributed by atoms with Crippen LogP contribution >= 0.6 is 15.9 Å². The summed E-state index contributed by atoms with van der Waals surface area (Å²) in [5.74, 6) is -0.361. The third-order valence-electron chi connectivity index (χ3n) is 3.02. The van der Waals surface area contributed by atoms with Crippen LogP contribution in [0.4, 0.5) is 5.69 Å². The highest BCUT2D eigenvalue weighted by Crippen LogP contribution is 2.23. The van der Waals surface area contributed by atoms with Crippen molar-refractivity contribution >= 4 is 27.6 Å². The van der Waals surface area contributed by atoms with Gasteiger partial charge in [-0.25, -0.2) is 4.79 Å². The van der Waals surface area contributed by atoms with Gasteiger partial charge in [0, 0.05) is 17.3 Å². The number of benzene rings is 1. The van der Waals surface area contributed by atoms with Gasteiger partial charge in [0.1, 0.15) is 0 Å². The van der Waals surface area contributed by atoms with Gasteiger partial charge in [-0.2, -0.15) is 0 Å². The number of carbonyl (C=O) groups is 1. The van der Waals surface area contributed by atoms with Crippen LogP contribution in [0.15, 0.2) is 28.7 Å². The average Bonchev–Trinajstić information content (AvgIpc) is 2.39. The van der Waals surface area contributed by atoms with E-state index in [1.165, 1.54) is 7.11 Å². The number of ether oxygens (including phenoxy) is 2. The van der Waals surface area contributed by atoms with Gasteiger partial charge in [-0.1, -0.05) is 15.9 Å². The van der Waals surface area contributed by atoms with Crippen molar-refractivity contribution in [1.82, 2.24) is 0 Å². The van der Waals surface area contributed by atoms with Gasteiger partial charge in [0.25, 0.3) is 0 Å². The second-order valence-electron chi connectivity index (χ2n) is 4.20. The number of anilines is 1. The highest BCUT2D eigenvalue weighted by atomic mass is 79.9. The fraction of sp³-hybridized carbons (Fsp3) is 0.462. The molecule has 5 heteroatoms. The lowest BCUT2D eigenvalue weighted by atomic mass is 9.95. The Labute approximate surface area is 116 Å². The minimum absolute atomic E-state index is 0.325. The van der Waals surface area contributed by atoms with E-state index in [-0.39, 0.29) is 12.1 Å². The van der Waals surface area contributed by atoms with Crippen molar-refractivity contribution in [1.29, 1.82) is 0 Å². The number of carbonyl (C=O) groups excluding carboxylic acids is 1. The lowest BCUT2D eigenvalue weighted by Crippen LogP contribution is -2.53. The van der Waals surface area contributed by atoms with Gasteiger partial charge in [0.2, 0.25) is 0 Å². The van der Waals surface area contributed by atoms with Crippen LogP contribution in [-0.2, 0) is 14.3 Å². The molecule has 0 aliphatic carbocycles. The Kier molecular flexibility index (Phi) is 5.16. The summed E-state index contributed by atoms with van der Waals surface area (Å²) in [5.41, 5.74) is -0.105. The first-order chi connectivity index (χ1) is 8.43. The highest BCUT2D eigenvalue weighted by Gasteiger charge is 2.40. The summed E-state index contributed by atoms with van der Waals surface area (Å²) in [4.78, 5) is 11.9. The minimum atomic E-state index is -0.933. The third-order valence-corrected chi connectivity index (χ3v) is 3.55. The molecular weight excluding hydrogens is 298 g/mol. The first kappa shape index (κ1) is 15.0. The molecule has 4 nitrogen and oxygen atoms in total. The molecule has 100 valence electrons. The van der Waals surface area contributed by atoms with Crippen LogP contribution < -0.4 is 5.32 Å². The van der Waals surface area contributed by atoms with Gasteiger partial charge in [-0.05, 0) is 38.1 Å². The molecule has 1 aromatic rings. The van der Waals surface area contributed by atoms with Crippen LogP contribution in [0.2, 0.25) is 0 Å². The Bertz CT molecular complexity index is 407. The third kappa shape index (κ3) is 3.23. The molecule has 0 aliphatic rings. The van der Waals surface area contributed by atoms with Crippen molar-refractivity contribution in [3.63, 3.8) is 0 Å². The van der Waals surface area contributed by atoms with E-state index in [0.717, 1.165) is 10.2 Å². The maximum absolute atomic E-state index is 11.9. The van der Waals surface area contributed by atoms with E-state index in [1.54, 1.807) is 14.0 Å². The SMILES string of the molecule is COC(=O)C(C)(Nc1ccc(Br)cc1)C(C)OC. The summed E-state index contributed by atoms with van der Waals surface area (Å²) in [5, 5.41) is 3.16. The minimum Gasteiger partial charge on any atom is -0.467 e. The first-order valence-corrected chi connectivity index (χ1v) is 6.38. The molecule has 0 amide bonds. The summed E-state index contributed by atoms with van der Waals surface area (Å²) in [7, 11) is 2.93. The largest absolute Gasteiger partial charge is 0.467 e. The van der Waals surface area contributed by atoms with Gasteiger partial charge in [-0.3, -0.25) is 0 Å². The highest BCUT2D eigenvalue weighted by molar-refractivity contribution is 9.10. The van der Waals surface area contributed by atoms with Crippen LogP contribution in [0.5, 0.6) is 0 Å². The lowest BCUT2D eigenvalue weighted by Gasteiger charge is -2.33. The van der Waals surface area contributed by atoms with Crippen molar-refractivity contribution in [2.75, 3.05) is 19.5 Å². The molecule has 2 unspecified atom stereocenters. The van der Waals surface area contributed by atoms with Crippen LogP contribution in [-0.4, -0.2) is 31.8 Å². The number of rotatable bonds is 5. The van der Waals surface area contributed by atoms with Gasteiger partial charge in [-0.15, -0.1) is 0 Å². The van der Waals surface area contributed by atoms with E-state index < -0.39 is 5.54 Å². The normalized spacial score (nSPS) is 15.6. The van der Waals surface area contributed by atoms with E-state index in [1.807, 2.05) is 31.2 Å². The van der Waals surface area contributed by atoms with Crippen molar-refractivity contribution in [3.8, 4) is 0 Å². The topological polar surface area (TPSA) is 47.6 Å². The number of esters is 1. The molecule has 1 N–H and O–H groups in total. The molecular formula is C13H18BrNO3. The van der Waals surface area contributed by atoms with Crippen LogP contribution in [0.1, 0.15) is 13.8 Å². The van der Waals surface area contributed by atoms with Gasteiger partial charge >= 0.3 is 5.97 Å². The molecule has 18 heavy (non-hydrogen) atoms. The number of hydrogen-bond acceptors (Lipinski definition) is 4. The Morgan fingerprint density at radius 2 is 1.89 bits per heavy atom. The monoisotopic (exact) mass is 315 g/mol. The van der Waals surface area contributed by atoms with Crippen LogP contribution in [0.3, 0.4) is 0 Å². The summed E-state index contributed by atoms with van der Waals surface area (Å²) < 4.78 is 11.1. The Morgan fingerprint density at radius 1 is 1.33 bits per heavy atom. The molecule has 0 heterocycles. The van der Waals surface area contributed by atoms with Crippen LogP contribution in [0, 0.1) is 0 Å². The van der Waals surface area contributed by atoms with Crippen molar-refractivity contribution in [2.45, 2.75) is 25.5 Å². The summed E-state index contributed by atoms with van der Waals surface area (Å²) in [6.07, 6.45) is -0.325. The fourth-order valence-corrected chi connectivity index (χ4v) is 1.86. The van der Waals surface area contributed by atoms with Gasteiger partial charge in [0.15, 0.2) is 5.54 Å². The first-order valence-electron chi connectivity index (χ1n) is 5.59. The lowest BCUT2D eigenvalue weighted by molar-refractivity contribution is -0.149. The molecule has 0 aliphatic heterocycles. The molecule has 2 atom stereocenters. The maximum Gasteiger partial charge on any atom is 0.333 e. The Hall–Kier alpha value is -1.07. The molecule has 0 fully saturated rings. The van der Waals surface area contributed by atoms with Crippen molar-refractivity contribution < 1.29 is 14.3 Å². The zero-order valence-electron chi connectivity index (χ0n) is 11.0. The van der Waals surface area contributed by atoms with E-state index >= 15 is 0 Å². The molecule has 1 aromatic carbocycles. The van der Waals surface area contributed by atoms with E-state index in [4.69, 9.17) is 9.47 Å². The zero-order valence-corrected chi connectivity index (χ0v) is 12.6. The zero-order chi connectivity index (χ0) is 13.8.